The highest BCUT2D eigenvalue weighted by Gasteiger charge is 2.02. The van der Waals surface area contributed by atoms with Crippen molar-refractivity contribution in [3.05, 3.63) is 34.9 Å². The molecule has 1 aromatic rings. The topological polar surface area (TPSA) is 0 Å². The Balaban J connectivity index is 3.02. The molecule has 0 unspecified atom stereocenters. The molecular formula is C11H15F. The third-order valence-corrected chi connectivity index (χ3v) is 2.18. The predicted octanol–water partition coefficient (Wildman–Crippen LogP) is 3.59. The van der Waals surface area contributed by atoms with Crippen LogP contribution in [0.2, 0.25) is 0 Å². The largest absolute Gasteiger partial charge is 0.246 e. The Morgan fingerprint density at radius 3 is 2.42 bits per heavy atom. The molecule has 0 fully saturated rings. The average molecular weight is 166 g/mol. The summed E-state index contributed by atoms with van der Waals surface area (Å²) in [6.07, 6.45) is 0. The summed E-state index contributed by atoms with van der Waals surface area (Å²) in [6.45, 7) is 5.89. The Morgan fingerprint density at radius 1 is 1.33 bits per heavy atom. The van der Waals surface area contributed by atoms with Gasteiger partial charge in [-0.3, -0.25) is 0 Å². The molecule has 0 aliphatic rings. The summed E-state index contributed by atoms with van der Waals surface area (Å²) in [5.41, 5.74) is 3.15. The first-order chi connectivity index (χ1) is 5.65. The zero-order valence-corrected chi connectivity index (χ0v) is 7.89. The van der Waals surface area contributed by atoms with E-state index < -0.39 is 0 Å². The summed E-state index contributed by atoms with van der Waals surface area (Å²) in [5.74, 6) is 0.525. The molecule has 66 valence electrons. The van der Waals surface area contributed by atoms with Gasteiger partial charge in [0.2, 0.25) is 0 Å². The first-order valence-electron chi connectivity index (χ1n) is 4.30. The molecule has 0 nitrogen and oxygen atoms in total. The maximum atomic E-state index is 12.3. The van der Waals surface area contributed by atoms with Crippen LogP contribution in [0.25, 0.3) is 0 Å². The first-order valence-corrected chi connectivity index (χ1v) is 4.30. The third-order valence-electron chi connectivity index (χ3n) is 2.18. The van der Waals surface area contributed by atoms with Crippen LogP contribution in [0, 0.1) is 6.92 Å². The number of halogens is 1. The van der Waals surface area contributed by atoms with Gasteiger partial charge in [0, 0.05) is 0 Å². The van der Waals surface area contributed by atoms with Crippen LogP contribution in [0.1, 0.15) is 36.5 Å². The van der Waals surface area contributed by atoms with Gasteiger partial charge in [-0.05, 0) is 29.5 Å². The van der Waals surface area contributed by atoms with Gasteiger partial charge in [-0.25, -0.2) is 4.39 Å². The van der Waals surface area contributed by atoms with Crippen LogP contribution >= 0.6 is 0 Å². The fourth-order valence-corrected chi connectivity index (χ4v) is 1.23. The van der Waals surface area contributed by atoms with E-state index >= 15 is 0 Å². The second kappa shape index (κ2) is 3.70. The summed E-state index contributed by atoms with van der Waals surface area (Å²) in [7, 11) is 0. The fourth-order valence-electron chi connectivity index (χ4n) is 1.23. The standard InChI is InChI=1S/C11H15F/c1-8(2)10-4-5-11(7-12)9(3)6-10/h4-6,8H,7H2,1-3H3. The third kappa shape index (κ3) is 1.84. The van der Waals surface area contributed by atoms with Crippen molar-refractivity contribution in [2.75, 3.05) is 0 Å². The second-order valence-electron chi connectivity index (χ2n) is 3.47. The molecule has 0 aliphatic heterocycles. The Kier molecular flexibility index (Phi) is 2.85. The lowest BCUT2D eigenvalue weighted by Gasteiger charge is -2.08. The number of hydrogen-bond acceptors (Lipinski definition) is 0. The summed E-state index contributed by atoms with van der Waals surface area (Å²) in [6, 6.07) is 5.96. The van der Waals surface area contributed by atoms with Crippen LogP contribution in [-0.2, 0) is 6.67 Å². The van der Waals surface area contributed by atoms with E-state index in [2.05, 4.69) is 19.9 Å². The van der Waals surface area contributed by atoms with Gasteiger partial charge in [0.25, 0.3) is 0 Å². The van der Waals surface area contributed by atoms with Crippen LogP contribution in [0.15, 0.2) is 18.2 Å². The molecule has 0 heterocycles. The summed E-state index contributed by atoms with van der Waals surface area (Å²) in [5, 5.41) is 0. The Morgan fingerprint density at radius 2 is 2.00 bits per heavy atom. The quantitative estimate of drug-likeness (QED) is 0.629. The van der Waals surface area contributed by atoms with Crippen molar-refractivity contribution >= 4 is 0 Å². The van der Waals surface area contributed by atoms with E-state index in [1.807, 2.05) is 19.1 Å². The minimum Gasteiger partial charge on any atom is -0.246 e. The van der Waals surface area contributed by atoms with Crippen LogP contribution in [-0.4, -0.2) is 0 Å². The fraction of sp³-hybridized carbons (Fsp3) is 0.455. The van der Waals surface area contributed by atoms with Crippen LogP contribution < -0.4 is 0 Å². The van der Waals surface area contributed by atoms with E-state index in [0.29, 0.717) is 5.92 Å². The van der Waals surface area contributed by atoms with E-state index in [4.69, 9.17) is 0 Å². The van der Waals surface area contributed by atoms with Gasteiger partial charge in [-0.2, -0.15) is 0 Å². The maximum Gasteiger partial charge on any atom is 0.115 e. The molecule has 12 heavy (non-hydrogen) atoms. The predicted molar refractivity (Wildman–Crippen MR) is 50.1 cm³/mol. The highest BCUT2D eigenvalue weighted by atomic mass is 19.1. The molecule has 0 bridgehead atoms. The maximum absolute atomic E-state index is 12.3. The Bertz CT molecular complexity index is 264. The second-order valence-corrected chi connectivity index (χ2v) is 3.47. The van der Waals surface area contributed by atoms with Crippen molar-refractivity contribution in [2.45, 2.75) is 33.4 Å². The van der Waals surface area contributed by atoms with Crippen molar-refractivity contribution in [3.63, 3.8) is 0 Å². The van der Waals surface area contributed by atoms with Crippen LogP contribution in [0.5, 0.6) is 0 Å². The number of alkyl halides is 1. The Hall–Kier alpha value is -0.850. The van der Waals surface area contributed by atoms with Crippen molar-refractivity contribution in [2.24, 2.45) is 0 Å². The van der Waals surface area contributed by atoms with E-state index in [1.165, 1.54) is 5.56 Å². The molecule has 0 aliphatic carbocycles. The molecule has 1 aromatic carbocycles. The minimum absolute atomic E-state index is 0.357. The molecule has 0 atom stereocenters. The van der Waals surface area contributed by atoms with Gasteiger partial charge < -0.3 is 0 Å². The molecule has 0 saturated heterocycles. The summed E-state index contributed by atoms with van der Waals surface area (Å²) in [4.78, 5) is 0. The SMILES string of the molecule is Cc1cc(C(C)C)ccc1CF. The molecule has 0 aromatic heterocycles. The lowest BCUT2D eigenvalue weighted by molar-refractivity contribution is 0.483. The van der Waals surface area contributed by atoms with Gasteiger partial charge >= 0.3 is 0 Å². The van der Waals surface area contributed by atoms with Gasteiger partial charge in [0.15, 0.2) is 0 Å². The lowest BCUT2D eigenvalue weighted by Crippen LogP contribution is -1.91. The van der Waals surface area contributed by atoms with E-state index in [0.717, 1.165) is 11.1 Å². The van der Waals surface area contributed by atoms with Crippen molar-refractivity contribution in [3.8, 4) is 0 Å². The minimum atomic E-state index is -0.357. The molecule has 0 radical (unpaired) electrons. The van der Waals surface area contributed by atoms with Gasteiger partial charge in [0.1, 0.15) is 6.67 Å². The zero-order valence-electron chi connectivity index (χ0n) is 7.89. The Labute approximate surface area is 73.4 Å². The molecule has 0 amide bonds. The molecule has 0 saturated carbocycles. The highest BCUT2D eigenvalue weighted by Crippen LogP contribution is 2.18. The first kappa shape index (κ1) is 9.24. The van der Waals surface area contributed by atoms with E-state index in [-0.39, 0.29) is 6.67 Å². The van der Waals surface area contributed by atoms with E-state index in [9.17, 15) is 4.39 Å². The molecule has 1 rings (SSSR count). The van der Waals surface area contributed by atoms with Gasteiger partial charge in [-0.15, -0.1) is 0 Å². The van der Waals surface area contributed by atoms with Crippen LogP contribution in [0.4, 0.5) is 4.39 Å². The van der Waals surface area contributed by atoms with Gasteiger partial charge in [0.05, 0.1) is 0 Å². The summed E-state index contributed by atoms with van der Waals surface area (Å²) >= 11 is 0. The normalized spacial score (nSPS) is 10.8. The monoisotopic (exact) mass is 166 g/mol. The van der Waals surface area contributed by atoms with E-state index in [1.54, 1.807) is 0 Å². The summed E-state index contributed by atoms with van der Waals surface area (Å²) < 4.78 is 12.3. The number of aryl methyl sites for hydroxylation is 1. The zero-order chi connectivity index (χ0) is 9.14. The number of hydrogen-bond donors (Lipinski definition) is 0. The molecular weight excluding hydrogens is 151 g/mol. The van der Waals surface area contributed by atoms with Gasteiger partial charge in [-0.1, -0.05) is 32.0 Å². The van der Waals surface area contributed by atoms with Crippen LogP contribution in [0.3, 0.4) is 0 Å². The molecule has 0 N–H and O–H groups in total. The lowest BCUT2D eigenvalue weighted by atomic mass is 9.98. The van der Waals surface area contributed by atoms with Crippen molar-refractivity contribution in [1.82, 2.24) is 0 Å². The van der Waals surface area contributed by atoms with Crippen molar-refractivity contribution in [1.29, 1.82) is 0 Å². The molecule has 1 heteroatoms. The number of rotatable bonds is 2. The smallest absolute Gasteiger partial charge is 0.115 e. The van der Waals surface area contributed by atoms with Crippen molar-refractivity contribution < 1.29 is 4.39 Å². The average Bonchev–Trinajstić information content (AvgIpc) is 2.04. The highest BCUT2D eigenvalue weighted by molar-refractivity contribution is 5.31. The molecule has 0 spiro atoms. The number of benzene rings is 1.